The molecule has 0 aromatic rings. The lowest BCUT2D eigenvalue weighted by Gasteiger charge is -2.13. The highest BCUT2D eigenvalue weighted by molar-refractivity contribution is 6.20. The van der Waals surface area contributed by atoms with Crippen LogP contribution in [-0.2, 0) is 14.4 Å². The molecule has 3 amide bonds. The maximum absolute atomic E-state index is 12.6. The molecule has 0 aromatic carbocycles. The summed E-state index contributed by atoms with van der Waals surface area (Å²) in [5.41, 5.74) is 0. The van der Waals surface area contributed by atoms with E-state index in [1.54, 1.807) is 0 Å². The van der Waals surface area contributed by atoms with Crippen LogP contribution in [0, 0.1) is 0 Å². The topological polar surface area (TPSA) is 54.5 Å². The van der Waals surface area contributed by atoms with E-state index < -0.39 is 23.5 Å². The number of imide groups is 3. The quantitative estimate of drug-likeness (QED) is 0.496. The Bertz CT molecular complexity index is 383. The van der Waals surface area contributed by atoms with Crippen molar-refractivity contribution in [2.45, 2.75) is 12.8 Å². The maximum atomic E-state index is 12.6. The Morgan fingerprint density at radius 2 is 1.62 bits per heavy atom. The van der Waals surface area contributed by atoms with Gasteiger partial charge in [-0.25, -0.2) is 9.29 Å². The molecule has 0 saturated carbocycles. The van der Waals surface area contributed by atoms with Crippen LogP contribution in [0.2, 0.25) is 0 Å². The number of carbonyl (C=O) groups is 3. The molecule has 16 heavy (non-hydrogen) atoms. The number of carbonyl (C=O) groups excluding carboxylic acids is 3. The summed E-state index contributed by atoms with van der Waals surface area (Å²) in [5.74, 6) is -4.39. The van der Waals surface area contributed by atoms with Gasteiger partial charge in [0.2, 0.25) is 0 Å². The Kier molecular flexibility index (Phi) is 3.88. The fourth-order valence-corrected chi connectivity index (χ4v) is 1.14. The third-order valence-corrected chi connectivity index (χ3v) is 1.90. The van der Waals surface area contributed by atoms with E-state index >= 15 is 0 Å². The zero-order valence-corrected chi connectivity index (χ0v) is 8.48. The first-order chi connectivity index (χ1) is 7.54. The highest BCUT2D eigenvalue weighted by Crippen LogP contribution is 2.07. The van der Waals surface area contributed by atoms with Gasteiger partial charge in [-0.05, 0) is 12.8 Å². The monoisotopic (exact) mass is 223 g/mol. The number of hydrogen-bond donors (Lipinski definition) is 0. The SMILES string of the molecule is C=C(F)C(=O)N1C(=O)C=CCCC=CC1=O. The summed E-state index contributed by atoms with van der Waals surface area (Å²) >= 11 is 0. The number of amides is 3. The molecular formula is C11H10FNO3. The Hall–Kier alpha value is -2.04. The highest BCUT2D eigenvalue weighted by atomic mass is 19.1. The van der Waals surface area contributed by atoms with E-state index in [1.165, 1.54) is 12.2 Å². The lowest BCUT2D eigenvalue weighted by atomic mass is 10.3. The molecule has 0 aromatic heterocycles. The fraction of sp³-hybridized carbons (Fsp3) is 0.182. The van der Waals surface area contributed by atoms with Crippen LogP contribution >= 0.6 is 0 Å². The molecule has 0 radical (unpaired) electrons. The third-order valence-electron chi connectivity index (χ3n) is 1.90. The molecule has 0 spiro atoms. The summed E-state index contributed by atoms with van der Waals surface area (Å²) in [6.07, 6.45) is 6.35. The van der Waals surface area contributed by atoms with Crippen molar-refractivity contribution in [1.82, 2.24) is 4.90 Å². The molecule has 0 aliphatic carbocycles. The Morgan fingerprint density at radius 3 is 2.00 bits per heavy atom. The predicted molar refractivity (Wildman–Crippen MR) is 54.6 cm³/mol. The van der Waals surface area contributed by atoms with Crippen LogP contribution in [0.15, 0.2) is 36.7 Å². The van der Waals surface area contributed by atoms with E-state index in [4.69, 9.17) is 0 Å². The predicted octanol–water partition coefficient (Wildman–Crippen LogP) is 1.26. The van der Waals surface area contributed by atoms with Gasteiger partial charge in [0.15, 0.2) is 5.83 Å². The van der Waals surface area contributed by atoms with Crippen molar-refractivity contribution in [2.24, 2.45) is 0 Å². The minimum Gasteiger partial charge on any atom is -0.269 e. The molecule has 84 valence electrons. The number of allylic oxidation sites excluding steroid dienone is 2. The van der Waals surface area contributed by atoms with Crippen LogP contribution < -0.4 is 0 Å². The molecular weight excluding hydrogens is 213 g/mol. The van der Waals surface area contributed by atoms with Gasteiger partial charge in [-0.2, -0.15) is 0 Å². The average Bonchev–Trinajstić information content (AvgIpc) is 2.29. The number of halogens is 1. The minimum absolute atomic E-state index is 0.223. The molecule has 1 aliphatic rings. The molecule has 1 rings (SSSR count). The van der Waals surface area contributed by atoms with E-state index in [0.29, 0.717) is 12.8 Å². The van der Waals surface area contributed by atoms with Gasteiger partial charge in [-0.1, -0.05) is 18.7 Å². The third kappa shape index (κ3) is 2.73. The van der Waals surface area contributed by atoms with Crippen LogP contribution in [0.1, 0.15) is 12.8 Å². The second-order valence-electron chi connectivity index (χ2n) is 3.10. The molecule has 1 heterocycles. The zero-order valence-electron chi connectivity index (χ0n) is 8.48. The van der Waals surface area contributed by atoms with Gasteiger partial charge in [0.25, 0.3) is 17.7 Å². The van der Waals surface area contributed by atoms with Gasteiger partial charge < -0.3 is 0 Å². The Labute approximate surface area is 91.7 Å². The highest BCUT2D eigenvalue weighted by Gasteiger charge is 2.27. The molecule has 0 unspecified atom stereocenters. The van der Waals surface area contributed by atoms with Crippen molar-refractivity contribution in [3.8, 4) is 0 Å². The zero-order chi connectivity index (χ0) is 12.1. The second-order valence-corrected chi connectivity index (χ2v) is 3.10. The van der Waals surface area contributed by atoms with Gasteiger partial charge >= 0.3 is 0 Å². The molecule has 0 N–H and O–H groups in total. The smallest absolute Gasteiger partial charge is 0.269 e. The van der Waals surface area contributed by atoms with E-state index in [1.807, 2.05) is 0 Å². The first-order valence-corrected chi connectivity index (χ1v) is 4.64. The van der Waals surface area contributed by atoms with Crippen molar-refractivity contribution in [1.29, 1.82) is 0 Å². The number of nitrogens with zero attached hydrogens (tertiary/aromatic N) is 1. The summed E-state index contributed by atoms with van der Waals surface area (Å²) in [4.78, 5) is 34.3. The van der Waals surface area contributed by atoms with E-state index in [2.05, 4.69) is 6.58 Å². The van der Waals surface area contributed by atoms with Crippen molar-refractivity contribution in [2.75, 3.05) is 0 Å². The molecule has 0 saturated heterocycles. The average molecular weight is 223 g/mol. The van der Waals surface area contributed by atoms with Gasteiger partial charge in [-0.15, -0.1) is 0 Å². The van der Waals surface area contributed by atoms with Gasteiger partial charge in [0, 0.05) is 12.2 Å². The number of hydrogen-bond acceptors (Lipinski definition) is 3. The van der Waals surface area contributed by atoms with Crippen LogP contribution in [0.5, 0.6) is 0 Å². The van der Waals surface area contributed by atoms with Gasteiger partial charge in [-0.3, -0.25) is 14.4 Å². The van der Waals surface area contributed by atoms with E-state index in [9.17, 15) is 18.8 Å². The summed E-state index contributed by atoms with van der Waals surface area (Å²) in [5, 5.41) is 0. The normalized spacial score (nSPS) is 16.7. The summed E-state index contributed by atoms with van der Waals surface area (Å²) in [7, 11) is 0. The first-order valence-electron chi connectivity index (χ1n) is 4.64. The Balaban J connectivity index is 3.07. The maximum Gasteiger partial charge on any atom is 0.295 e. The fourth-order valence-electron chi connectivity index (χ4n) is 1.14. The van der Waals surface area contributed by atoms with Gasteiger partial charge in [0.1, 0.15) is 0 Å². The Morgan fingerprint density at radius 1 is 1.19 bits per heavy atom. The van der Waals surface area contributed by atoms with Crippen LogP contribution in [0.25, 0.3) is 0 Å². The van der Waals surface area contributed by atoms with Crippen molar-refractivity contribution >= 4 is 17.7 Å². The van der Waals surface area contributed by atoms with Gasteiger partial charge in [0.05, 0.1) is 0 Å². The van der Waals surface area contributed by atoms with Crippen molar-refractivity contribution < 1.29 is 18.8 Å². The molecule has 0 atom stereocenters. The molecule has 0 fully saturated rings. The molecule has 1 aliphatic heterocycles. The van der Waals surface area contributed by atoms with E-state index in [0.717, 1.165) is 12.2 Å². The molecule has 0 bridgehead atoms. The van der Waals surface area contributed by atoms with Crippen molar-refractivity contribution in [3.05, 3.63) is 36.7 Å². The lowest BCUT2D eigenvalue weighted by Crippen LogP contribution is -2.40. The summed E-state index contributed by atoms with van der Waals surface area (Å²) in [6, 6.07) is 0. The number of rotatable bonds is 1. The largest absolute Gasteiger partial charge is 0.295 e. The lowest BCUT2D eigenvalue weighted by molar-refractivity contribution is -0.148. The first kappa shape index (κ1) is 12.0. The molecule has 5 heteroatoms. The van der Waals surface area contributed by atoms with E-state index in [-0.39, 0.29) is 4.90 Å². The van der Waals surface area contributed by atoms with Crippen LogP contribution in [-0.4, -0.2) is 22.6 Å². The minimum atomic E-state index is -1.34. The second kappa shape index (κ2) is 5.16. The van der Waals surface area contributed by atoms with Crippen LogP contribution in [0.3, 0.4) is 0 Å². The summed E-state index contributed by atoms with van der Waals surface area (Å²) < 4.78 is 12.6. The summed E-state index contributed by atoms with van der Waals surface area (Å²) in [6.45, 7) is 2.77. The van der Waals surface area contributed by atoms with Crippen molar-refractivity contribution in [3.63, 3.8) is 0 Å². The standard InChI is InChI=1S/C11H10FNO3/c1-8(12)11(16)13-9(14)6-4-2-3-5-7-10(13)15/h4-7H,1-3H2. The van der Waals surface area contributed by atoms with Crippen LogP contribution in [0.4, 0.5) is 4.39 Å². The molecule has 4 nitrogen and oxygen atoms in total.